The summed E-state index contributed by atoms with van der Waals surface area (Å²) in [6.45, 7) is 7.99. The van der Waals surface area contributed by atoms with Gasteiger partial charge in [-0.15, -0.1) is 0 Å². The molecule has 1 aromatic carbocycles. The lowest BCUT2D eigenvalue weighted by Crippen LogP contribution is -2.46. The van der Waals surface area contributed by atoms with E-state index in [0.717, 1.165) is 16.7 Å². The molecule has 1 heterocycles. The Morgan fingerprint density at radius 3 is 2.48 bits per heavy atom. The molecule has 0 saturated carbocycles. The van der Waals surface area contributed by atoms with E-state index in [4.69, 9.17) is 4.74 Å². The van der Waals surface area contributed by atoms with Crippen molar-refractivity contribution < 1.29 is 9.53 Å². The van der Waals surface area contributed by atoms with Crippen LogP contribution in [0.15, 0.2) is 48.8 Å². The molecule has 0 saturated heterocycles. The van der Waals surface area contributed by atoms with Gasteiger partial charge in [0.05, 0.1) is 6.04 Å². The third-order valence-electron chi connectivity index (χ3n) is 3.87. The average molecular weight is 312 g/mol. The van der Waals surface area contributed by atoms with Gasteiger partial charge in [-0.25, -0.2) is 0 Å². The molecule has 0 radical (unpaired) electrons. The number of amides is 1. The number of hydrogen-bond acceptors (Lipinski definition) is 3. The zero-order chi connectivity index (χ0) is 16.9. The van der Waals surface area contributed by atoms with Gasteiger partial charge in [0, 0.05) is 19.0 Å². The molecule has 1 N–H and O–H groups in total. The number of nitrogens with one attached hydrogen (secondary N) is 1. The van der Waals surface area contributed by atoms with Crippen molar-refractivity contribution in [3.05, 3.63) is 65.5 Å². The monoisotopic (exact) mass is 312 g/mol. The number of rotatable bonds is 6. The zero-order valence-corrected chi connectivity index (χ0v) is 14.2. The Labute approximate surface area is 137 Å². The van der Waals surface area contributed by atoms with Crippen LogP contribution in [-0.2, 0) is 9.53 Å². The number of aromatic nitrogens is 1. The highest BCUT2D eigenvalue weighted by Crippen LogP contribution is 2.25. The Kier molecular flexibility index (Phi) is 5.50. The van der Waals surface area contributed by atoms with Crippen molar-refractivity contribution in [3.63, 3.8) is 0 Å². The molecular weight excluding hydrogens is 288 g/mol. The summed E-state index contributed by atoms with van der Waals surface area (Å²) in [5, 5.41) is 3.12. The molecule has 0 bridgehead atoms. The van der Waals surface area contributed by atoms with E-state index in [0.29, 0.717) is 6.61 Å². The first-order valence-corrected chi connectivity index (χ1v) is 7.86. The summed E-state index contributed by atoms with van der Waals surface area (Å²) in [6, 6.07) is 11.7. The van der Waals surface area contributed by atoms with Gasteiger partial charge in [-0.1, -0.05) is 24.3 Å². The predicted octanol–water partition coefficient (Wildman–Crippen LogP) is 3.41. The van der Waals surface area contributed by atoms with E-state index in [1.807, 2.05) is 50.2 Å². The summed E-state index contributed by atoms with van der Waals surface area (Å²) in [5.41, 5.74) is 2.32. The second kappa shape index (κ2) is 7.38. The van der Waals surface area contributed by atoms with Crippen molar-refractivity contribution in [1.82, 2.24) is 10.3 Å². The fourth-order valence-electron chi connectivity index (χ4n) is 2.54. The van der Waals surface area contributed by atoms with E-state index >= 15 is 0 Å². The van der Waals surface area contributed by atoms with Crippen LogP contribution in [0.3, 0.4) is 0 Å². The lowest BCUT2D eigenvalue weighted by Gasteiger charge is -2.28. The van der Waals surface area contributed by atoms with Gasteiger partial charge in [-0.3, -0.25) is 9.78 Å². The Morgan fingerprint density at radius 2 is 1.87 bits per heavy atom. The highest BCUT2D eigenvalue weighted by atomic mass is 16.5. The fraction of sp³-hybridized carbons (Fsp3) is 0.368. The molecule has 0 fully saturated rings. The first kappa shape index (κ1) is 17.2. The third-order valence-corrected chi connectivity index (χ3v) is 3.87. The minimum atomic E-state index is -0.872. The van der Waals surface area contributed by atoms with E-state index in [1.165, 1.54) is 0 Å². The molecule has 0 aliphatic heterocycles. The normalized spacial score (nSPS) is 12.7. The molecular formula is C19H24N2O2. The Morgan fingerprint density at radius 1 is 1.22 bits per heavy atom. The van der Waals surface area contributed by atoms with Crippen LogP contribution >= 0.6 is 0 Å². The molecule has 1 atom stereocenters. The second-order valence-corrected chi connectivity index (χ2v) is 5.99. The fourth-order valence-corrected chi connectivity index (χ4v) is 2.54. The van der Waals surface area contributed by atoms with Crippen molar-refractivity contribution in [2.24, 2.45) is 0 Å². The first-order valence-electron chi connectivity index (χ1n) is 7.86. The van der Waals surface area contributed by atoms with E-state index in [-0.39, 0.29) is 11.9 Å². The maximum Gasteiger partial charge on any atom is 0.252 e. The SMILES string of the molecule is CCOC(C)(C)C(=O)N[C@H](c1ccncc1)c1ccccc1C. The summed E-state index contributed by atoms with van der Waals surface area (Å²) in [6.07, 6.45) is 3.47. The Balaban J connectivity index is 2.36. The van der Waals surface area contributed by atoms with Crippen LogP contribution in [0.1, 0.15) is 43.5 Å². The van der Waals surface area contributed by atoms with Crippen LogP contribution in [0.5, 0.6) is 0 Å². The van der Waals surface area contributed by atoms with Gasteiger partial charge in [-0.05, 0) is 56.5 Å². The number of ether oxygens (including phenoxy) is 1. The lowest BCUT2D eigenvalue weighted by molar-refractivity contribution is -0.142. The van der Waals surface area contributed by atoms with Gasteiger partial charge >= 0.3 is 0 Å². The quantitative estimate of drug-likeness (QED) is 0.889. The van der Waals surface area contributed by atoms with Crippen LogP contribution in [0.2, 0.25) is 0 Å². The van der Waals surface area contributed by atoms with Gasteiger partial charge in [0.25, 0.3) is 5.91 Å². The number of hydrogen-bond donors (Lipinski definition) is 1. The van der Waals surface area contributed by atoms with E-state index in [2.05, 4.69) is 10.3 Å². The highest BCUT2D eigenvalue weighted by Gasteiger charge is 2.31. The Hall–Kier alpha value is -2.20. The predicted molar refractivity (Wildman–Crippen MR) is 91.1 cm³/mol. The molecule has 0 unspecified atom stereocenters. The van der Waals surface area contributed by atoms with Crippen LogP contribution in [-0.4, -0.2) is 23.1 Å². The van der Waals surface area contributed by atoms with Gasteiger partial charge in [0.15, 0.2) is 0 Å². The highest BCUT2D eigenvalue weighted by molar-refractivity contribution is 5.85. The standard InChI is InChI=1S/C19H24N2O2/c1-5-23-19(3,4)18(22)21-17(15-10-12-20-13-11-15)16-9-7-6-8-14(16)2/h6-13,17H,5H2,1-4H3,(H,21,22)/t17-/m1/s1. The molecule has 2 rings (SSSR count). The molecule has 122 valence electrons. The topological polar surface area (TPSA) is 51.2 Å². The minimum absolute atomic E-state index is 0.135. The lowest BCUT2D eigenvalue weighted by atomic mass is 9.94. The molecule has 0 aliphatic carbocycles. The zero-order valence-electron chi connectivity index (χ0n) is 14.2. The Bertz CT molecular complexity index is 653. The molecule has 0 spiro atoms. The van der Waals surface area contributed by atoms with Gasteiger partial charge in [-0.2, -0.15) is 0 Å². The summed E-state index contributed by atoms with van der Waals surface area (Å²) in [4.78, 5) is 16.7. The smallest absolute Gasteiger partial charge is 0.252 e. The molecule has 0 aliphatic rings. The van der Waals surface area contributed by atoms with Crippen LogP contribution < -0.4 is 5.32 Å². The molecule has 1 amide bonds. The third kappa shape index (κ3) is 4.17. The van der Waals surface area contributed by atoms with E-state index < -0.39 is 5.60 Å². The number of carbonyl (C=O) groups is 1. The summed E-state index contributed by atoms with van der Waals surface area (Å²) in [5.74, 6) is -0.135. The van der Waals surface area contributed by atoms with Crippen molar-refractivity contribution in [2.45, 2.75) is 39.3 Å². The van der Waals surface area contributed by atoms with Crippen LogP contribution in [0.25, 0.3) is 0 Å². The first-order chi connectivity index (χ1) is 11.0. The minimum Gasteiger partial charge on any atom is -0.366 e. The van der Waals surface area contributed by atoms with Crippen LogP contribution in [0.4, 0.5) is 0 Å². The number of carbonyl (C=O) groups excluding carboxylic acids is 1. The number of nitrogens with zero attached hydrogens (tertiary/aromatic N) is 1. The maximum atomic E-state index is 12.7. The second-order valence-electron chi connectivity index (χ2n) is 5.99. The van der Waals surface area contributed by atoms with Crippen molar-refractivity contribution in [2.75, 3.05) is 6.61 Å². The number of pyridine rings is 1. The molecule has 4 heteroatoms. The van der Waals surface area contributed by atoms with Gasteiger partial charge in [0.2, 0.25) is 0 Å². The number of aryl methyl sites for hydroxylation is 1. The molecule has 4 nitrogen and oxygen atoms in total. The summed E-state index contributed by atoms with van der Waals surface area (Å²) in [7, 11) is 0. The van der Waals surface area contributed by atoms with E-state index in [1.54, 1.807) is 26.2 Å². The van der Waals surface area contributed by atoms with E-state index in [9.17, 15) is 4.79 Å². The molecule has 23 heavy (non-hydrogen) atoms. The van der Waals surface area contributed by atoms with Crippen molar-refractivity contribution in [1.29, 1.82) is 0 Å². The average Bonchev–Trinajstić information content (AvgIpc) is 2.54. The van der Waals surface area contributed by atoms with Crippen LogP contribution in [0, 0.1) is 6.92 Å². The molecule has 2 aromatic rings. The van der Waals surface area contributed by atoms with Gasteiger partial charge in [0.1, 0.15) is 5.60 Å². The largest absolute Gasteiger partial charge is 0.366 e. The van der Waals surface area contributed by atoms with Crippen molar-refractivity contribution in [3.8, 4) is 0 Å². The van der Waals surface area contributed by atoms with Crippen molar-refractivity contribution >= 4 is 5.91 Å². The summed E-state index contributed by atoms with van der Waals surface area (Å²) < 4.78 is 5.57. The van der Waals surface area contributed by atoms with Gasteiger partial charge < -0.3 is 10.1 Å². The number of benzene rings is 1. The molecule has 1 aromatic heterocycles. The maximum absolute atomic E-state index is 12.7. The summed E-state index contributed by atoms with van der Waals surface area (Å²) >= 11 is 0.